The Balaban J connectivity index is 2.36. The van der Waals surface area contributed by atoms with E-state index < -0.39 is 0 Å². The Hall–Kier alpha value is -1.26. The molecule has 0 radical (unpaired) electrons. The summed E-state index contributed by atoms with van der Waals surface area (Å²) in [5.41, 5.74) is 1.10. The largest absolute Gasteiger partial charge is 0.395 e. The number of nitrogens with one attached hydrogen (secondary N) is 1. The van der Waals surface area contributed by atoms with Crippen LogP contribution in [-0.4, -0.2) is 42.3 Å². The number of carbonyl (C=O) groups is 1. The minimum atomic E-state index is -0.116. The quantitative estimate of drug-likeness (QED) is 0.775. The molecule has 1 aromatic carbocycles. The molecule has 0 aliphatic rings. The van der Waals surface area contributed by atoms with Gasteiger partial charge in [-0.15, -0.1) is 0 Å². The van der Waals surface area contributed by atoms with E-state index in [-0.39, 0.29) is 12.6 Å². The summed E-state index contributed by atoms with van der Waals surface area (Å²) < 4.78 is 0. The zero-order chi connectivity index (χ0) is 14.8. The molecule has 0 atom stereocenters. The molecule has 0 aliphatic heterocycles. The molecule has 20 heavy (non-hydrogen) atoms. The molecule has 0 heterocycles. The first-order valence-electron chi connectivity index (χ1n) is 7.05. The van der Waals surface area contributed by atoms with Gasteiger partial charge < -0.3 is 15.3 Å². The van der Waals surface area contributed by atoms with E-state index in [1.807, 2.05) is 24.3 Å². The maximum absolute atomic E-state index is 12.0. The molecule has 0 fully saturated rings. The van der Waals surface area contributed by atoms with Crippen LogP contribution >= 0.6 is 11.6 Å². The van der Waals surface area contributed by atoms with Crippen molar-refractivity contribution in [3.8, 4) is 0 Å². The van der Waals surface area contributed by atoms with Crippen molar-refractivity contribution in [3.05, 3.63) is 34.9 Å². The molecule has 1 rings (SSSR count). The Morgan fingerprint density at radius 3 is 2.85 bits per heavy atom. The number of hydrogen-bond donors (Lipinski definition) is 2. The molecule has 1 aromatic rings. The lowest BCUT2D eigenvalue weighted by molar-refractivity contribution is 0.176. The van der Waals surface area contributed by atoms with Crippen molar-refractivity contribution < 1.29 is 9.90 Å². The molecule has 2 amide bonds. The zero-order valence-electron chi connectivity index (χ0n) is 11.9. The lowest BCUT2D eigenvalue weighted by Gasteiger charge is -2.22. The fourth-order valence-electron chi connectivity index (χ4n) is 1.90. The van der Waals surface area contributed by atoms with Crippen LogP contribution in [0.3, 0.4) is 0 Å². The van der Waals surface area contributed by atoms with Crippen molar-refractivity contribution in [3.63, 3.8) is 0 Å². The molecule has 0 spiro atoms. The molecule has 5 heteroatoms. The topological polar surface area (TPSA) is 52.6 Å². The standard InChI is InChI=1S/C15H23ClN2O2/c1-2-3-9-18(10-11-19)15(20)17-8-7-13-5-4-6-14(16)12-13/h4-6,12,19H,2-3,7-11H2,1H3,(H,17,20). The van der Waals surface area contributed by atoms with E-state index in [0.29, 0.717) is 24.7 Å². The number of nitrogens with zero attached hydrogens (tertiary/aromatic N) is 1. The third kappa shape index (κ3) is 6.26. The molecule has 0 unspecified atom stereocenters. The summed E-state index contributed by atoms with van der Waals surface area (Å²) in [4.78, 5) is 13.6. The SMILES string of the molecule is CCCCN(CCO)C(=O)NCCc1cccc(Cl)c1. The first kappa shape index (κ1) is 16.8. The van der Waals surface area contributed by atoms with Crippen LogP contribution in [0.25, 0.3) is 0 Å². The van der Waals surface area contributed by atoms with Gasteiger partial charge in [-0.05, 0) is 30.5 Å². The third-order valence-electron chi connectivity index (χ3n) is 3.02. The summed E-state index contributed by atoms with van der Waals surface area (Å²) >= 11 is 5.91. The first-order chi connectivity index (χ1) is 9.67. The maximum Gasteiger partial charge on any atom is 0.317 e. The predicted octanol–water partition coefficient (Wildman–Crippen LogP) is 2.69. The van der Waals surface area contributed by atoms with Gasteiger partial charge in [0.05, 0.1) is 6.61 Å². The average molecular weight is 299 g/mol. The van der Waals surface area contributed by atoms with Gasteiger partial charge in [0.2, 0.25) is 0 Å². The number of urea groups is 1. The molecule has 0 saturated heterocycles. The number of benzene rings is 1. The van der Waals surface area contributed by atoms with Crippen LogP contribution in [0.4, 0.5) is 4.79 Å². The van der Waals surface area contributed by atoms with Gasteiger partial charge in [0, 0.05) is 24.7 Å². The number of carbonyl (C=O) groups excluding carboxylic acids is 1. The van der Waals surface area contributed by atoms with E-state index in [1.165, 1.54) is 0 Å². The summed E-state index contributed by atoms with van der Waals surface area (Å²) in [5.74, 6) is 0. The van der Waals surface area contributed by atoms with Crippen LogP contribution in [0, 0.1) is 0 Å². The van der Waals surface area contributed by atoms with Crippen molar-refractivity contribution in [1.82, 2.24) is 10.2 Å². The molecule has 2 N–H and O–H groups in total. The maximum atomic E-state index is 12.0. The Kier molecular flexibility index (Phi) is 8.07. The smallest absolute Gasteiger partial charge is 0.317 e. The van der Waals surface area contributed by atoms with Gasteiger partial charge in [-0.25, -0.2) is 4.79 Å². The first-order valence-corrected chi connectivity index (χ1v) is 7.43. The van der Waals surface area contributed by atoms with E-state index in [2.05, 4.69) is 12.2 Å². The Labute approximate surface area is 125 Å². The Bertz CT molecular complexity index is 413. The summed E-state index contributed by atoms with van der Waals surface area (Å²) in [5, 5.41) is 12.6. The van der Waals surface area contributed by atoms with Gasteiger partial charge in [0.1, 0.15) is 0 Å². The number of hydrogen-bond acceptors (Lipinski definition) is 2. The number of halogens is 1. The minimum Gasteiger partial charge on any atom is -0.395 e. The summed E-state index contributed by atoms with van der Waals surface area (Å²) in [6.45, 7) is 3.69. The minimum absolute atomic E-state index is 0.00850. The average Bonchev–Trinajstić information content (AvgIpc) is 2.43. The second kappa shape index (κ2) is 9.61. The van der Waals surface area contributed by atoms with Gasteiger partial charge in [-0.1, -0.05) is 37.1 Å². The Morgan fingerprint density at radius 2 is 2.20 bits per heavy atom. The van der Waals surface area contributed by atoms with Crippen molar-refractivity contribution in [2.75, 3.05) is 26.2 Å². The fraction of sp³-hybridized carbons (Fsp3) is 0.533. The second-order valence-corrected chi connectivity index (χ2v) is 5.11. The second-order valence-electron chi connectivity index (χ2n) is 4.68. The molecular formula is C15H23ClN2O2. The number of aliphatic hydroxyl groups is 1. The van der Waals surface area contributed by atoms with E-state index in [1.54, 1.807) is 4.90 Å². The highest BCUT2D eigenvalue weighted by atomic mass is 35.5. The normalized spacial score (nSPS) is 10.3. The van der Waals surface area contributed by atoms with Crippen LogP contribution in [0.15, 0.2) is 24.3 Å². The lowest BCUT2D eigenvalue weighted by Crippen LogP contribution is -2.42. The van der Waals surface area contributed by atoms with Crippen LogP contribution < -0.4 is 5.32 Å². The van der Waals surface area contributed by atoms with Gasteiger partial charge in [-0.3, -0.25) is 0 Å². The van der Waals surface area contributed by atoms with E-state index in [4.69, 9.17) is 16.7 Å². The molecule has 0 aromatic heterocycles. The van der Waals surface area contributed by atoms with Crippen molar-refractivity contribution in [1.29, 1.82) is 0 Å². The lowest BCUT2D eigenvalue weighted by atomic mass is 10.1. The molecule has 0 saturated carbocycles. The summed E-state index contributed by atoms with van der Waals surface area (Å²) in [7, 11) is 0. The van der Waals surface area contributed by atoms with Crippen molar-refractivity contribution in [2.45, 2.75) is 26.2 Å². The van der Waals surface area contributed by atoms with Gasteiger partial charge >= 0.3 is 6.03 Å². The molecule has 4 nitrogen and oxygen atoms in total. The highest BCUT2D eigenvalue weighted by Crippen LogP contribution is 2.10. The molecular weight excluding hydrogens is 276 g/mol. The van der Waals surface area contributed by atoms with E-state index in [9.17, 15) is 4.79 Å². The van der Waals surface area contributed by atoms with Gasteiger partial charge in [-0.2, -0.15) is 0 Å². The predicted molar refractivity (Wildman–Crippen MR) is 82.1 cm³/mol. The van der Waals surface area contributed by atoms with Crippen LogP contribution in [0.1, 0.15) is 25.3 Å². The monoisotopic (exact) mass is 298 g/mol. The van der Waals surface area contributed by atoms with Gasteiger partial charge in [0.25, 0.3) is 0 Å². The molecule has 112 valence electrons. The highest BCUT2D eigenvalue weighted by Gasteiger charge is 2.11. The van der Waals surface area contributed by atoms with E-state index >= 15 is 0 Å². The van der Waals surface area contributed by atoms with Crippen LogP contribution in [0.5, 0.6) is 0 Å². The van der Waals surface area contributed by atoms with Gasteiger partial charge in [0.15, 0.2) is 0 Å². The van der Waals surface area contributed by atoms with Crippen LogP contribution in [0.2, 0.25) is 5.02 Å². The number of rotatable bonds is 8. The third-order valence-corrected chi connectivity index (χ3v) is 3.25. The number of unbranched alkanes of at least 4 members (excludes halogenated alkanes) is 1. The zero-order valence-corrected chi connectivity index (χ0v) is 12.7. The number of aliphatic hydroxyl groups excluding tert-OH is 1. The Morgan fingerprint density at radius 1 is 1.40 bits per heavy atom. The van der Waals surface area contributed by atoms with E-state index in [0.717, 1.165) is 24.8 Å². The fourth-order valence-corrected chi connectivity index (χ4v) is 2.12. The molecule has 0 bridgehead atoms. The highest BCUT2D eigenvalue weighted by molar-refractivity contribution is 6.30. The summed E-state index contributed by atoms with van der Waals surface area (Å²) in [6, 6.07) is 7.50. The summed E-state index contributed by atoms with van der Waals surface area (Å²) in [6.07, 6.45) is 2.71. The molecule has 0 aliphatic carbocycles. The number of amides is 2. The van der Waals surface area contributed by atoms with Crippen molar-refractivity contribution >= 4 is 17.6 Å². The van der Waals surface area contributed by atoms with Crippen molar-refractivity contribution in [2.24, 2.45) is 0 Å². The van der Waals surface area contributed by atoms with Crippen LogP contribution in [-0.2, 0) is 6.42 Å².